The van der Waals surface area contributed by atoms with Crippen molar-refractivity contribution >= 4 is 21.9 Å². The predicted octanol–water partition coefficient (Wildman–Crippen LogP) is 8.48. The third kappa shape index (κ3) is 3.51. The Kier molecular flexibility index (Phi) is 5.22. The van der Waals surface area contributed by atoms with E-state index in [4.69, 9.17) is 4.42 Å². The zero-order valence-corrected chi connectivity index (χ0v) is 20.9. The summed E-state index contributed by atoms with van der Waals surface area (Å²) in [5, 5.41) is 1.91. The smallest absolute Gasteiger partial charge is 0.216 e. The van der Waals surface area contributed by atoms with Gasteiger partial charge in [0, 0.05) is 22.9 Å². The van der Waals surface area contributed by atoms with E-state index in [0.29, 0.717) is 11.1 Å². The van der Waals surface area contributed by atoms with Crippen LogP contribution in [0.3, 0.4) is 0 Å². The van der Waals surface area contributed by atoms with E-state index >= 15 is 4.39 Å². The Morgan fingerprint density at radius 1 is 0.667 bits per heavy atom. The van der Waals surface area contributed by atoms with Crippen LogP contribution < -0.4 is 4.57 Å². The van der Waals surface area contributed by atoms with Gasteiger partial charge in [0.2, 0.25) is 5.69 Å². The first kappa shape index (κ1) is 22.2. The summed E-state index contributed by atoms with van der Waals surface area (Å²) in [5.41, 5.74) is 10.6. The van der Waals surface area contributed by atoms with Crippen molar-refractivity contribution in [2.75, 3.05) is 0 Å². The predicted molar refractivity (Wildman–Crippen MR) is 145 cm³/mol. The molecule has 2 aromatic heterocycles. The molecule has 0 amide bonds. The van der Waals surface area contributed by atoms with E-state index < -0.39 is 0 Å². The summed E-state index contributed by atoms with van der Waals surface area (Å²) in [4.78, 5) is 0. The Balaban J connectivity index is 1.58. The Bertz CT molecular complexity index is 1780. The van der Waals surface area contributed by atoms with Crippen LogP contribution in [-0.4, -0.2) is 0 Å². The van der Waals surface area contributed by atoms with Gasteiger partial charge < -0.3 is 4.42 Å². The summed E-state index contributed by atoms with van der Waals surface area (Å²) in [7, 11) is 2.04. The van der Waals surface area contributed by atoms with Crippen molar-refractivity contribution in [3.05, 3.63) is 114 Å². The van der Waals surface area contributed by atoms with Crippen molar-refractivity contribution in [2.24, 2.45) is 7.05 Å². The Hall–Kier alpha value is -4.24. The third-order valence-corrected chi connectivity index (χ3v) is 7.16. The quantitative estimate of drug-likeness (QED) is 0.236. The lowest BCUT2D eigenvalue weighted by molar-refractivity contribution is -0.660. The fourth-order valence-corrected chi connectivity index (χ4v) is 5.20. The van der Waals surface area contributed by atoms with Crippen LogP contribution in [0, 0.1) is 26.6 Å². The number of furan rings is 1. The summed E-state index contributed by atoms with van der Waals surface area (Å²) in [6.45, 7) is 6.29. The molecular formula is C33H27FNO+. The maximum absolute atomic E-state index is 15.4. The van der Waals surface area contributed by atoms with Gasteiger partial charge in [-0.3, -0.25) is 0 Å². The maximum Gasteiger partial charge on any atom is 0.216 e. The lowest BCUT2D eigenvalue weighted by Gasteiger charge is -2.08. The molecule has 2 nitrogen and oxygen atoms in total. The van der Waals surface area contributed by atoms with Crippen LogP contribution in [0.5, 0.6) is 0 Å². The molecule has 0 spiro atoms. The van der Waals surface area contributed by atoms with Crippen LogP contribution in [-0.2, 0) is 7.05 Å². The van der Waals surface area contributed by atoms with Crippen molar-refractivity contribution < 1.29 is 13.4 Å². The van der Waals surface area contributed by atoms with Crippen LogP contribution in [0.1, 0.15) is 16.7 Å². The molecule has 0 aliphatic rings. The molecule has 0 saturated heterocycles. The van der Waals surface area contributed by atoms with Crippen LogP contribution in [0.4, 0.5) is 4.39 Å². The van der Waals surface area contributed by atoms with Gasteiger partial charge in [-0.05, 0) is 66.3 Å². The molecule has 3 heteroatoms. The molecule has 36 heavy (non-hydrogen) atoms. The monoisotopic (exact) mass is 472 g/mol. The average molecular weight is 473 g/mol. The number of hydrogen-bond donors (Lipinski definition) is 0. The largest absolute Gasteiger partial charge is 0.454 e. The van der Waals surface area contributed by atoms with Crippen molar-refractivity contribution in [1.82, 2.24) is 0 Å². The summed E-state index contributed by atoms with van der Waals surface area (Å²) in [6, 6.07) is 28.2. The highest BCUT2D eigenvalue weighted by atomic mass is 19.1. The van der Waals surface area contributed by atoms with E-state index in [1.165, 1.54) is 16.7 Å². The Morgan fingerprint density at radius 3 is 2.08 bits per heavy atom. The second-order valence-corrected chi connectivity index (χ2v) is 9.63. The molecule has 0 N–H and O–H groups in total. The average Bonchev–Trinajstić information content (AvgIpc) is 3.24. The van der Waals surface area contributed by atoms with Crippen molar-refractivity contribution in [3.8, 4) is 33.5 Å². The van der Waals surface area contributed by atoms with Gasteiger partial charge >= 0.3 is 0 Å². The minimum atomic E-state index is -0.287. The first-order valence-electron chi connectivity index (χ1n) is 12.2. The van der Waals surface area contributed by atoms with E-state index in [9.17, 15) is 0 Å². The molecule has 6 rings (SSSR count). The van der Waals surface area contributed by atoms with Crippen LogP contribution in [0.15, 0.2) is 95.5 Å². The third-order valence-electron chi connectivity index (χ3n) is 7.16. The number of aromatic nitrogens is 1. The fraction of sp³-hybridized carbons (Fsp3) is 0.121. The van der Waals surface area contributed by atoms with Gasteiger partial charge in [0.15, 0.2) is 6.20 Å². The SMILES string of the molecule is Cc1cc[n+](C)c(-c2c(C)ccc3c2oc2c(-c4ccc(-c5ccccc5C)cc4)c(F)ccc23)c1. The highest BCUT2D eigenvalue weighted by Crippen LogP contribution is 2.42. The van der Waals surface area contributed by atoms with Gasteiger partial charge in [0.1, 0.15) is 24.0 Å². The van der Waals surface area contributed by atoms with Gasteiger partial charge in [-0.25, -0.2) is 8.96 Å². The van der Waals surface area contributed by atoms with E-state index in [2.05, 4.69) is 80.1 Å². The molecule has 4 aromatic carbocycles. The first-order chi connectivity index (χ1) is 17.4. The summed E-state index contributed by atoms with van der Waals surface area (Å²) in [5.74, 6) is -0.287. The van der Waals surface area contributed by atoms with Gasteiger partial charge in [0.05, 0.1) is 11.1 Å². The minimum Gasteiger partial charge on any atom is -0.454 e. The zero-order valence-electron chi connectivity index (χ0n) is 20.9. The molecular weight excluding hydrogens is 445 g/mol. The summed E-state index contributed by atoms with van der Waals surface area (Å²) >= 11 is 0. The lowest BCUT2D eigenvalue weighted by atomic mass is 9.96. The molecule has 0 atom stereocenters. The number of aryl methyl sites for hydroxylation is 4. The van der Waals surface area contributed by atoms with Gasteiger partial charge in [-0.15, -0.1) is 0 Å². The maximum atomic E-state index is 15.4. The summed E-state index contributed by atoms with van der Waals surface area (Å²) < 4.78 is 24.0. The number of nitrogens with zero attached hydrogens (tertiary/aromatic N) is 1. The Morgan fingerprint density at radius 2 is 1.33 bits per heavy atom. The highest BCUT2D eigenvalue weighted by Gasteiger charge is 2.23. The lowest BCUT2D eigenvalue weighted by Crippen LogP contribution is -2.30. The van der Waals surface area contributed by atoms with Crippen LogP contribution in [0.25, 0.3) is 55.4 Å². The molecule has 0 fully saturated rings. The Labute approximate surface area is 210 Å². The number of hydrogen-bond acceptors (Lipinski definition) is 1. The normalized spacial score (nSPS) is 11.5. The van der Waals surface area contributed by atoms with Crippen molar-refractivity contribution in [3.63, 3.8) is 0 Å². The van der Waals surface area contributed by atoms with E-state index in [1.807, 2.05) is 37.4 Å². The van der Waals surface area contributed by atoms with E-state index in [1.54, 1.807) is 6.07 Å². The second-order valence-electron chi connectivity index (χ2n) is 9.63. The molecule has 2 heterocycles. The molecule has 0 unspecified atom stereocenters. The van der Waals surface area contributed by atoms with Crippen molar-refractivity contribution in [1.29, 1.82) is 0 Å². The van der Waals surface area contributed by atoms with Crippen LogP contribution in [0.2, 0.25) is 0 Å². The van der Waals surface area contributed by atoms with Crippen LogP contribution >= 0.6 is 0 Å². The fourth-order valence-electron chi connectivity index (χ4n) is 5.20. The summed E-state index contributed by atoms with van der Waals surface area (Å²) in [6.07, 6.45) is 2.06. The van der Waals surface area contributed by atoms with Crippen molar-refractivity contribution in [2.45, 2.75) is 20.8 Å². The number of pyridine rings is 1. The molecule has 176 valence electrons. The second kappa shape index (κ2) is 8.46. The first-order valence-corrected chi connectivity index (χ1v) is 12.2. The number of benzene rings is 4. The van der Waals surface area contributed by atoms with E-state index in [0.717, 1.165) is 44.3 Å². The molecule has 0 aliphatic heterocycles. The zero-order chi connectivity index (χ0) is 25.0. The standard InChI is InChI=1S/C33H27FNO/c1-20-17-18-35(4)29(19-20)30-22(3)9-14-26-27-15-16-28(34)31(33(27)36-32(26)30)24-12-10-23(11-13-24)25-8-6-5-7-21(25)2/h5-19H,1-4H3/q+1. The van der Waals surface area contributed by atoms with Gasteiger partial charge in [0.25, 0.3) is 0 Å². The highest BCUT2D eigenvalue weighted by molar-refractivity contribution is 6.13. The number of rotatable bonds is 3. The molecule has 0 saturated carbocycles. The molecule has 0 aliphatic carbocycles. The topological polar surface area (TPSA) is 17.0 Å². The van der Waals surface area contributed by atoms with Gasteiger partial charge in [-0.1, -0.05) is 60.7 Å². The minimum absolute atomic E-state index is 0.287. The number of halogens is 1. The van der Waals surface area contributed by atoms with E-state index in [-0.39, 0.29) is 5.82 Å². The number of fused-ring (bicyclic) bond motifs is 3. The molecule has 6 aromatic rings. The van der Waals surface area contributed by atoms with Gasteiger partial charge in [-0.2, -0.15) is 0 Å². The molecule has 0 radical (unpaired) electrons. The molecule has 0 bridgehead atoms.